The Morgan fingerprint density at radius 1 is 1.08 bits per heavy atom. The maximum Gasteiger partial charge on any atom is 0.333 e. The van der Waals surface area contributed by atoms with Crippen molar-refractivity contribution in [2.75, 3.05) is 6.61 Å². The molecule has 0 radical (unpaired) electrons. The van der Waals surface area contributed by atoms with Crippen LogP contribution in [0.1, 0.15) is 92.4 Å². The lowest BCUT2D eigenvalue weighted by atomic mass is 9.46. The summed E-state index contributed by atoms with van der Waals surface area (Å²) in [6.07, 6.45) is 7.65. The highest BCUT2D eigenvalue weighted by Crippen LogP contribution is 2.72. The van der Waals surface area contributed by atoms with Gasteiger partial charge in [0, 0.05) is 36.4 Å². The summed E-state index contributed by atoms with van der Waals surface area (Å²) < 4.78 is 18.4. The number of carbonyl (C=O) groups is 2. The molecular formula is C30H44O7. The summed E-state index contributed by atoms with van der Waals surface area (Å²) in [6, 6.07) is 0. The van der Waals surface area contributed by atoms with E-state index in [9.17, 15) is 19.8 Å². The smallest absolute Gasteiger partial charge is 0.333 e. The molecule has 0 unspecified atom stereocenters. The monoisotopic (exact) mass is 516 g/mol. The number of aliphatic hydroxyl groups is 2. The van der Waals surface area contributed by atoms with Crippen molar-refractivity contribution in [2.45, 2.75) is 121 Å². The Kier molecular flexibility index (Phi) is 5.61. The van der Waals surface area contributed by atoms with E-state index in [1.165, 1.54) is 0 Å². The summed E-state index contributed by atoms with van der Waals surface area (Å²) in [4.78, 5) is 24.8. The van der Waals surface area contributed by atoms with E-state index >= 15 is 0 Å². The summed E-state index contributed by atoms with van der Waals surface area (Å²) in [7, 11) is 0. The summed E-state index contributed by atoms with van der Waals surface area (Å²) in [5, 5.41) is 23.6. The van der Waals surface area contributed by atoms with Crippen molar-refractivity contribution in [3.05, 3.63) is 11.6 Å². The highest BCUT2D eigenvalue weighted by Gasteiger charge is 2.74. The molecule has 5 fully saturated rings. The molecule has 0 aromatic rings. The second kappa shape index (κ2) is 8.04. The van der Waals surface area contributed by atoms with Gasteiger partial charge in [0.25, 0.3) is 0 Å². The molecule has 3 saturated carbocycles. The van der Waals surface area contributed by atoms with Gasteiger partial charge >= 0.3 is 11.9 Å². The zero-order valence-electron chi connectivity index (χ0n) is 23.0. The molecular weight excluding hydrogens is 472 g/mol. The van der Waals surface area contributed by atoms with E-state index < -0.39 is 22.2 Å². The number of hydrogen-bond donors (Lipinski definition) is 2. The van der Waals surface area contributed by atoms with Crippen LogP contribution in [0.3, 0.4) is 0 Å². The van der Waals surface area contributed by atoms with Gasteiger partial charge in [0.05, 0.1) is 17.6 Å². The molecule has 3 heterocycles. The lowest BCUT2D eigenvalue weighted by molar-refractivity contribution is -0.210. The van der Waals surface area contributed by atoms with Crippen molar-refractivity contribution in [1.29, 1.82) is 0 Å². The fourth-order valence-electron chi connectivity index (χ4n) is 10.6. The first-order chi connectivity index (χ1) is 17.3. The lowest BCUT2D eigenvalue weighted by Gasteiger charge is -2.61. The Labute approximate surface area is 220 Å². The Morgan fingerprint density at radius 3 is 2.51 bits per heavy atom. The molecule has 3 aliphatic heterocycles. The van der Waals surface area contributed by atoms with E-state index in [2.05, 4.69) is 27.7 Å². The SMILES string of the molecule is CC1=CC[C@@H]([C@@H](C)[C@@H]2CC[C@@]3(CO)[C@@H]4CC[C@H]5C(C)(C)O[C@@H]6CC(=O)O[C@@]65C[C@@]4(O)CC[C@]23C)OC1=O. The molecule has 3 aliphatic carbocycles. The second-order valence-electron chi connectivity index (χ2n) is 14.1. The predicted octanol–water partition coefficient (Wildman–Crippen LogP) is 4.08. The second-order valence-corrected chi connectivity index (χ2v) is 14.1. The zero-order chi connectivity index (χ0) is 26.6. The zero-order valence-corrected chi connectivity index (χ0v) is 23.0. The first-order valence-electron chi connectivity index (χ1n) is 14.4. The van der Waals surface area contributed by atoms with Crippen LogP contribution < -0.4 is 0 Å². The fourth-order valence-corrected chi connectivity index (χ4v) is 10.6. The van der Waals surface area contributed by atoms with Gasteiger partial charge in [-0.05, 0) is 82.5 Å². The standard InChI is InChI=1S/C30H44O7/c1-17-6-7-20(35-25(17)33)18(2)19-10-11-28(16-31)22-9-8-21-26(3,4)36-23-14-24(32)37-30(21,23)15-29(22,34)13-12-27(19,28)5/h6,18-23,31,34H,7-16H2,1-5H3/t18-,19-,20-,21-,22-,23+,27+,28+,29-,30+/m0/s1. The Morgan fingerprint density at radius 2 is 1.81 bits per heavy atom. The maximum atomic E-state index is 12.5. The summed E-state index contributed by atoms with van der Waals surface area (Å²) >= 11 is 0. The third kappa shape index (κ3) is 3.29. The van der Waals surface area contributed by atoms with Crippen LogP contribution in [0.25, 0.3) is 0 Å². The van der Waals surface area contributed by atoms with Crippen molar-refractivity contribution in [1.82, 2.24) is 0 Å². The Hall–Kier alpha value is -1.44. The van der Waals surface area contributed by atoms with Crippen LogP contribution in [-0.4, -0.2) is 57.8 Å². The molecule has 0 aromatic heterocycles. The highest BCUT2D eigenvalue weighted by atomic mass is 16.6. The quantitative estimate of drug-likeness (QED) is 0.545. The molecule has 0 amide bonds. The minimum absolute atomic E-state index is 0.0147. The van der Waals surface area contributed by atoms with Crippen LogP contribution in [0.15, 0.2) is 11.6 Å². The average molecular weight is 517 g/mol. The topological polar surface area (TPSA) is 102 Å². The van der Waals surface area contributed by atoms with Gasteiger partial charge in [-0.15, -0.1) is 0 Å². The van der Waals surface area contributed by atoms with Gasteiger partial charge in [-0.3, -0.25) is 4.79 Å². The van der Waals surface area contributed by atoms with Gasteiger partial charge < -0.3 is 24.4 Å². The van der Waals surface area contributed by atoms with Crippen LogP contribution in [0, 0.1) is 34.5 Å². The minimum Gasteiger partial charge on any atom is -0.458 e. The molecule has 10 atom stereocenters. The van der Waals surface area contributed by atoms with Crippen LogP contribution >= 0.6 is 0 Å². The molecule has 6 aliphatic rings. The largest absolute Gasteiger partial charge is 0.458 e. The van der Waals surface area contributed by atoms with Crippen molar-refractivity contribution in [2.24, 2.45) is 34.5 Å². The normalized spacial score (nSPS) is 51.1. The molecule has 0 bridgehead atoms. The molecule has 1 spiro atoms. The van der Waals surface area contributed by atoms with Gasteiger partial charge in [0.2, 0.25) is 0 Å². The molecule has 206 valence electrons. The predicted molar refractivity (Wildman–Crippen MR) is 135 cm³/mol. The van der Waals surface area contributed by atoms with Crippen LogP contribution in [-0.2, 0) is 23.8 Å². The number of aliphatic hydroxyl groups excluding tert-OH is 1. The average Bonchev–Trinajstić information content (AvgIpc) is 3.31. The fraction of sp³-hybridized carbons (Fsp3) is 0.867. The van der Waals surface area contributed by atoms with Gasteiger partial charge in [-0.1, -0.05) is 19.9 Å². The van der Waals surface area contributed by atoms with E-state index in [-0.39, 0.29) is 66.3 Å². The lowest BCUT2D eigenvalue weighted by Crippen LogP contribution is -2.62. The third-order valence-electron chi connectivity index (χ3n) is 12.4. The first-order valence-corrected chi connectivity index (χ1v) is 14.4. The molecule has 0 aromatic carbocycles. The van der Waals surface area contributed by atoms with Crippen molar-refractivity contribution in [3.8, 4) is 0 Å². The van der Waals surface area contributed by atoms with E-state index in [1.807, 2.05) is 6.08 Å². The number of ether oxygens (including phenoxy) is 3. The maximum absolute atomic E-state index is 12.5. The number of cyclic esters (lactones) is 1. The number of rotatable bonds is 3. The van der Waals surface area contributed by atoms with Crippen LogP contribution in [0.4, 0.5) is 0 Å². The van der Waals surface area contributed by atoms with Crippen LogP contribution in [0.5, 0.6) is 0 Å². The summed E-state index contributed by atoms with van der Waals surface area (Å²) in [5.74, 6) is -0.0850. The summed E-state index contributed by atoms with van der Waals surface area (Å²) in [5.41, 5.74) is -2.19. The number of fused-ring (bicyclic) bond motifs is 3. The van der Waals surface area contributed by atoms with E-state index in [1.54, 1.807) is 6.92 Å². The highest BCUT2D eigenvalue weighted by molar-refractivity contribution is 5.88. The number of hydrogen-bond acceptors (Lipinski definition) is 7. The van der Waals surface area contributed by atoms with Crippen molar-refractivity contribution < 1.29 is 34.0 Å². The van der Waals surface area contributed by atoms with Crippen molar-refractivity contribution in [3.63, 3.8) is 0 Å². The van der Waals surface area contributed by atoms with E-state index in [0.29, 0.717) is 18.4 Å². The Balaban J connectivity index is 1.35. The van der Waals surface area contributed by atoms with Gasteiger partial charge in [-0.2, -0.15) is 0 Å². The van der Waals surface area contributed by atoms with Crippen molar-refractivity contribution >= 4 is 11.9 Å². The molecule has 2 N–H and O–H groups in total. The van der Waals surface area contributed by atoms with Gasteiger partial charge in [0.15, 0.2) is 0 Å². The number of esters is 2. The van der Waals surface area contributed by atoms with E-state index in [0.717, 1.165) is 38.5 Å². The van der Waals surface area contributed by atoms with Crippen LogP contribution in [0.2, 0.25) is 0 Å². The third-order valence-corrected chi connectivity index (χ3v) is 12.4. The van der Waals surface area contributed by atoms with Gasteiger partial charge in [0.1, 0.15) is 17.8 Å². The first kappa shape index (κ1) is 25.8. The summed E-state index contributed by atoms with van der Waals surface area (Å²) in [6.45, 7) is 10.5. The molecule has 7 heteroatoms. The minimum atomic E-state index is -1.03. The Bertz CT molecular complexity index is 1030. The van der Waals surface area contributed by atoms with Gasteiger partial charge in [-0.25, -0.2) is 4.79 Å². The molecule has 7 nitrogen and oxygen atoms in total. The molecule has 37 heavy (non-hydrogen) atoms. The number of carbonyl (C=O) groups excluding carboxylic acids is 2. The van der Waals surface area contributed by atoms with E-state index in [4.69, 9.17) is 14.2 Å². The molecule has 6 rings (SSSR count). The molecule has 2 saturated heterocycles.